The van der Waals surface area contributed by atoms with E-state index < -0.39 is 0 Å². The second kappa shape index (κ2) is 5.49. The Morgan fingerprint density at radius 2 is 1.64 bits per heavy atom. The van der Waals surface area contributed by atoms with Crippen molar-refractivity contribution in [2.45, 2.75) is 13.3 Å². The molecule has 1 heteroatoms. The molecule has 0 heterocycles. The third-order valence-corrected chi connectivity index (χ3v) is 1.32. The van der Waals surface area contributed by atoms with Gasteiger partial charge < -0.3 is 0 Å². The van der Waals surface area contributed by atoms with E-state index in [1.165, 1.54) is 17.7 Å². The van der Waals surface area contributed by atoms with Crippen molar-refractivity contribution in [2.75, 3.05) is 0 Å². The third-order valence-electron chi connectivity index (χ3n) is 1.32. The fraction of sp³-hybridized carbons (Fsp3) is 0.200. The molecule has 0 aliphatic rings. The second-order valence-corrected chi connectivity index (χ2v) is 1.98. The van der Waals surface area contributed by atoms with Crippen molar-refractivity contribution in [2.24, 2.45) is 0 Å². The summed E-state index contributed by atoms with van der Waals surface area (Å²) in [5, 5.41) is 0. The first kappa shape index (κ1) is 9.71. The molecule has 1 aromatic rings. The SMILES string of the molecule is C#C.CCc1ccc(F)cc1. The normalized spacial score (nSPS) is 8.00. The lowest BCUT2D eigenvalue weighted by Crippen LogP contribution is -1.78. The molecule has 0 N–H and O–H groups in total. The number of terminal acetylenes is 1. The first-order chi connectivity index (χ1) is 5.33. The van der Waals surface area contributed by atoms with Gasteiger partial charge in [0.25, 0.3) is 0 Å². The molecule has 0 fully saturated rings. The summed E-state index contributed by atoms with van der Waals surface area (Å²) in [6.07, 6.45) is 8.97. The maximum Gasteiger partial charge on any atom is 0.123 e. The number of aryl methyl sites for hydroxylation is 1. The van der Waals surface area contributed by atoms with Crippen molar-refractivity contribution in [3.8, 4) is 12.8 Å². The zero-order valence-electron chi connectivity index (χ0n) is 6.55. The zero-order chi connectivity index (χ0) is 8.69. The van der Waals surface area contributed by atoms with Gasteiger partial charge >= 0.3 is 0 Å². The third kappa shape index (κ3) is 3.42. The van der Waals surface area contributed by atoms with E-state index >= 15 is 0 Å². The number of hydrogen-bond donors (Lipinski definition) is 0. The van der Waals surface area contributed by atoms with Crippen molar-refractivity contribution < 1.29 is 4.39 Å². The highest BCUT2D eigenvalue weighted by Crippen LogP contribution is 2.01. The average Bonchev–Trinajstić information content (AvgIpc) is 2.10. The van der Waals surface area contributed by atoms with Crippen LogP contribution in [0.15, 0.2) is 24.3 Å². The highest BCUT2D eigenvalue weighted by atomic mass is 19.1. The van der Waals surface area contributed by atoms with Gasteiger partial charge in [0.05, 0.1) is 0 Å². The Hall–Kier alpha value is -1.29. The van der Waals surface area contributed by atoms with Crippen molar-refractivity contribution in [3.63, 3.8) is 0 Å². The van der Waals surface area contributed by atoms with E-state index in [9.17, 15) is 4.39 Å². The van der Waals surface area contributed by atoms with Gasteiger partial charge in [-0.25, -0.2) is 4.39 Å². The van der Waals surface area contributed by atoms with E-state index in [0.29, 0.717) is 0 Å². The summed E-state index contributed by atoms with van der Waals surface area (Å²) in [6, 6.07) is 6.57. The highest BCUT2D eigenvalue weighted by molar-refractivity contribution is 5.15. The minimum atomic E-state index is -0.160. The summed E-state index contributed by atoms with van der Waals surface area (Å²) in [5.74, 6) is -0.160. The molecule has 0 amide bonds. The van der Waals surface area contributed by atoms with E-state index in [0.717, 1.165) is 6.42 Å². The van der Waals surface area contributed by atoms with Crippen molar-refractivity contribution in [3.05, 3.63) is 35.6 Å². The lowest BCUT2D eigenvalue weighted by molar-refractivity contribution is 0.627. The summed E-state index contributed by atoms with van der Waals surface area (Å²) >= 11 is 0. The van der Waals surface area contributed by atoms with Gasteiger partial charge in [0, 0.05) is 0 Å². The molecule has 1 rings (SSSR count). The molecule has 0 radical (unpaired) electrons. The second-order valence-electron chi connectivity index (χ2n) is 1.98. The lowest BCUT2D eigenvalue weighted by atomic mass is 10.2. The molecule has 58 valence electrons. The van der Waals surface area contributed by atoms with Gasteiger partial charge in [-0.15, -0.1) is 12.8 Å². The van der Waals surface area contributed by atoms with E-state index in [1.54, 1.807) is 12.1 Å². The molecular weight excluding hydrogens is 139 g/mol. The molecular formula is C10H11F. The van der Waals surface area contributed by atoms with Gasteiger partial charge in [0.1, 0.15) is 5.82 Å². The van der Waals surface area contributed by atoms with Gasteiger partial charge in [-0.2, -0.15) is 0 Å². The van der Waals surface area contributed by atoms with Crippen LogP contribution in [0.25, 0.3) is 0 Å². The molecule has 11 heavy (non-hydrogen) atoms. The van der Waals surface area contributed by atoms with E-state index in [-0.39, 0.29) is 5.82 Å². The maximum absolute atomic E-state index is 12.2. The predicted molar refractivity (Wildman–Crippen MR) is 45.7 cm³/mol. The first-order valence-corrected chi connectivity index (χ1v) is 3.40. The maximum atomic E-state index is 12.2. The quantitative estimate of drug-likeness (QED) is 0.540. The van der Waals surface area contributed by atoms with Gasteiger partial charge in [-0.05, 0) is 24.1 Å². The number of rotatable bonds is 1. The fourth-order valence-electron chi connectivity index (χ4n) is 0.720. The Kier molecular flexibility index (Phi) is 4.85. The van der Waals surface area contributed by atoms with Crippen LogP contribution in [0.3, 0.4) is 0 Å². The minimum absolute atomic E-state index is 0.160. The molecule has 0 atom stereocenters. The molecule has 0 aliphatic carbocycles. The van der Waals surface area contributed by atoms with Crippen molar-refractivity contribution >= 4 is 0 Å². The number of benzene rings is 1. The molecule has 0 aromatic heterocycles. The zero-order valence-corrected chi connectivity index (χ0v) is 6.55. The highest BCUT2D eigenvalue weighted by Gasteiger charge is 1.87. The van der Waals surface area contributed by atoms with Crippen LogP contribution >= 0.6 is 0 Å². The van der Waals surface area contributed by atoms with Crippen LogP contribution in [0.2, 0.25) is 0 Å². The Bertz CT molecular complexity index is 208. The van der Waals surface area contributed by atoms with E-state index in [4.69, 9.17) is 0 Å². The van der Waals surface area contributed by atoms with Crippen LogP contribution in [0.1, 0.15) is 12.5 Å². The molecule has 0 aliphatic heterocycles. The van der Waals surface area contributed by atoms with Gasteiger partial charge in [-0.3, -0.25) is 0 Å². The Morgan fingerprint density at radius 3 is 2.00 bits per heavy atom. The minimum Gasteiger partial charge on any atom is -0.207 e. The van der Waals surface area contributed by atoms with Gasteiger partial charge in [0.15, 0.2) is 0 Å². The van der Waals surface area contributed by atoms with Crippen LogP contribution in [0.4, 0.5) is 4.39 Å². The molecule has 0 spiro atoms. The van der Waals surface area contributed by atoms with Crippen LogP contribution in [0, 0.1) is 18.7 Å². The van der Waals surface area contributed by atoms with Crippen LogP contribution < -0.4 is 0 Å². The largest absolute Gasteiger partial charge is 0.207 e. The first-order valence-electron chi connectivity index (χ1n) is 3.40. The Labute approximate surface area is 67.1 Å². The lowest BCUT2D eigenvalue weighted by Gasteiger charge is -1.92. The summed E-state index contributed by atoms with van der Waals surface area (Å²) in [7, 11) is 0. The molecule has 0 unspecified atom stereocenters. The predicted octanol–water partition coefficient (Wildman–Crippen LogP) is 2.64. The number of halogens is 1. The van der Waals surface area contributed by atoms with Gasteiger partial charge in [0.2, 0.25) is 0 Å². The van der Waals surface area contributed by atoms with Crippen molar-refractivity contribution in [1.82, 2.24) is 0 Å². The molecule has 0 nitrogen and oxygen atoms in total. The Balaban J connectivity index is 0.000000461. The molecule has 1 aromatic carbocycles. The van der Waals surface area contributed by atoms with Crippen LogP contribution in [-0.2, 0) is 6.42 Å². The summed E-state index contributed by atoms with van der Waals surface area (Å²) < 4.78 is 12.2. The standard InChI is InChI=1S/C8H9F.C2H2/c1-2-7-3-5-8(9)6-4-7;1-2/h3-6H,2H2,1H3;1-2H. The number of hydrogen-bond acceptors (Lipinski definition) is 0. The van der Waals surface area contributed by atoms with E-state index in [2.05, 4.69) is 12.8 Å². The molecule has 0 saturated heterocycles. The van der Waals surface area contributed by atoms with Crippen molar-refractivity contribution in [1.29, 1.82) is 0 Å². The Morgan fingerprint density at radius 1 is 1.18 bits per heavy atom. The molecule has 0 saturated carbocycles. The van der Waals surface area contributed by atoms with Crippen LogP contribution in [-0.4, -0.2) is 0 Å². The van der Waals surface area contributed by atoms with Crippen LogP contribution in [0.5, 0.6) is 0 Å². The molecule has 0 bridgehead atoms. The smallest absolute Gasteiger partial charge is 0.123 e. The summed E-state index contributed by atoms with van der Waals surface area (Å²) in [5.41, 5.74) is 1.18. The topological polar surface area (TPSA) is 0 Å². The fourth-order valence-corrected chi connectivity index (χ4v) is 0.720. The monoisotopic (exact) mass is 150 g/mol. The summed E-state index contributed by atoms with van der Waals surface area (Å²) in [4.78, 5) is 0. The van der Waals surface area contributed by atoms with Gasteiger partial charge in [-0.1, -0.05) is 19.1 Å². The van der Waals surface area contributed by atoms with E-state index in [1.807, 2.05) is 6.92 Å². The average molecular weight is 150 g/mol. The summed E-state index contributed by atoms with van der Waals surface area (Å²) in [6.45, 7) is 2.05.